The third-order valence-corrected chi connectivity index (χ3v) is 7.15. The van der Waals surface area contributed by atoms with Gasteiger partial charge < -0.3 is 0 Å². The number of nitrogens with zero attached hydrogens (tertiary/aromatic N) is 1. The number of hydrogen-bond acceptors (Lipinski definition) is 1. The zero-order chi connectivity index (χ0) is 15.1. The van der Waals surface area contributed by atoms with Crippen LogP contribution in [0.15, 0.2) is 11.1 Å². The molecule has 3 fully saturated rings. The molecule has 4 rings (SSSR count). The van der Waals surface area contributed by atoms with E-state index in [4.69, 9.17) is 0 Å². The predicted molar refractivity (Wildman–Crippen MR) is 89.1 cm³/mol. The monoisotopic (exact) mass is 287 g/mol. The van der Waals surface area contributed by atoms with Gasteiger partial charge in [-0.05, 0) is 69.2 Å². The Kier molecular flexibility index (Phi) is 2.98. The number of fused-ring (bicyclic) bond motifs is 4. The molecule has 1 spiro atoms. The van der Waals surface area contributed by atoms with Gasteiger partial charge in [0.25, 0.3) is 0 Å². The van der Waals surface area contributed by atoms with Crippen LogP contribution in [0.2, 0.25) is 0 Å². The van der Waals surface area contributed by atoms with Crippen molar-refractivity contribution in [3.8, 4) is 0 Å². The number of rotatable bonds is 3. The van der Waals surface area contributed by atoms with Crippen LogP contribution < -0.4 is 0 Å². The van der Waals surface area contributed by atoms with E-state index in [1.54, 1.807) is 0 Å². The van der Waals surface area contributed by atoms with Crippen molar-refractivity contribution in [1.82, 2.24) is 4.90 Å². The van der Waals surface area contributed by atoms with Gasteiger partial charge >= 0.3 is 0 Å². The number of allylic oxidation sites excluding steroid dienone is 2. The summed E-state index contributed by atoms with van der Waals surface area (Å²) in [6, 6.07) is 1.66. The molecule has 0 bridgehead atoms. The van der Waals surface area contributed by atoms with E-state index in [9.17, 15) is 0 Å². The maximum Gasteiger partial charge on any atom is 0.0139 e. The molecule has 5 atom stereocenters. The molecule has 1 nitrogen and oxygen atoms in total. The molecule has 118 valence electrons. The molecule has 2 saturated carbocycles. The lowest BCUT2D eigenvalue weighted by Crippen LogP contribution is -2.46. The second-order valence-electron chi connectivity index (χ2n) is 9.16. The van der Waals surface area contributed by atoms with Crippen LogP contribution >= 0.6 is 0 Å². The molecular weight excluding hydrogens is 254 g/mol. The molecule has 0 unspecified atom stereocenters. The summed E-state index contributed by atoms with van der Waals surface area (Å²) in [5.74, 6) is 4.56. The standard InChI is InChI=1S/C20H33N/c1-11(2)18-14-9-15(14)20(19(18)12(3)4)7-8-21(13(5)6)17-10-16(17)20/h11-17H,7-10H2,1-6H3/t14-,15+,16+,17-,20+/m0/s1. The number of piperidine rings is 1. The Bertz CT molecular complexity index is 486. The third-order valence-electron chi connectivity index (χ3n) is 7.15. The van der Waals surface area contributed by atoms with Crippen LogP contribution in [-0.2, 0) is 0 Å². The third kappa shape index (κ3) is 1.73. The van der Waals surface area contributed by atoms with Gasteiger partial charge in [-0.25, -0.2) is 0 Å². The van der Waals surface area contributed by atoms with Gasteiger partial charge in [0.1, 0.15) is 0 Å². The van der Waals surface area contributed by atoms with Crippen molar-refractivity contribution >= 4 is 0 Å². The van der Waals surface area contributed by atoms with Crippen molar-refractivity contribution in [2.45, 2.75) is 72.9 Å². The smallest absolute Gasteiger partial charge is 0.0139 e. The van der Waals surface area contributed by atoms with Crippen LogP contribution in [0.3, 0.4) is 0 Å². The molecule has 3 aliphatic carbocycles. The topological polar surface area (TPSA) is 3.24 Å². The molecule has 0 amide bonds. The Morgan fingerprint density at radius 1 is 0.952 bits per heavy atom. The van der Waals surface area contributed by atoms with E-state index >= 15 is 0 Å². The number of hydrogen-bond donors (Lipinski definition) is 0. The van der Waals surface area contributed by atoms with Crippen LogP contribution in [0.4, 0.5) is 0 Å². The van der Waals surface area contributed by atoms with Crippen LogP contribution in [0, 0.1) is 35.0 Å². The van der Waals surface area contributed by atoms with E-state index in [0.29, 0.717) is 5.41 Å². The average molecular weight is 287 g/mol. The quantitative estimate of drug-likeness (QED) is 0.678. The molecule has 1 saturated heterocycles. The van der Waals surface area contributed by atoms with Crippen LogP contribution in [-0.4, -0.2) is 23.5 Å². The highest BCUT2D eigenvalue weighted by molar-refractivity contribution is 5.44. The molecule has 0 N–H and O–H groups in total. The zero-order valence-corrected chi connectivity index (χ0v) is 14.8. The highest BCUT2D eigenvalue weighted by Crippen LogP contribution is 2.76. The van der Waals surface area contributed by atoms with Crippen LogP contribution in [0.25, 0.3) is 0 Å². The first-order valence-electron chi connectivity index (χ1n) is 9.39. The first kappa shape index (κ1) is 14.3. The van der Waals surface area contributed by atoms with Gasteiger partial charge in [0.05, 0.1) is 0 Å². The first-order chi connectivity index (χ1) is 9.89. The van der Waals surface area contributed by atoms with Gasteiger partial charge in [-0.1, -0.05) is 38.8 Å². The fourth-order valence-corrected chi connectivity index (χ4v) is 6.59. The Morgan fingerprint density at radius 2 is 1.67 bits per heavy atom. The summed E-state index contributed by atoms with van der Waals surface area (Å²) in [6.07, 6.45) is 4.47. The number of likely N-dealkylation sites (tertiary alicyclic amines) is 1. The molecule has 0 aromatic rings. The van der Waals surface area contributed by atoms with Gasteiger partial charge in [-0.15, -0.1) is 0 Å². The summed E-state index contributed by atoms with van der Waals surface area (Å²) >= 11 is 0. The molecular formula is C20H33N. The second kappa shape index (κ2) is 4.37. The van der Waals surface area contributed by atoms with Crippen molar-refractivity contribution in [3.05, 3.63) is 11.1 Å². The Balaban J connectivity index is 1.73. The average Bonchev–Trinajstić information content (AvgIpc) is 3.27. The zero-order valence-electron chi connectivity index (χ0n) is 14.8. The summed E-state index contributed by atoms with van der Waals surface area (Å²) < 4.78 is 0. The Hall–Kier alpha value is -0.300. The molecule has 1 heteroatoms. The van der Waals surface area contributed by atoms with E-state index in [-0.39, 0.29) is 0 Å². The molecule has 1 heterocycles. The first-order valence-corrected chi connectivity index (χ1v) is 9.39. The van der Waals surface area contributed by atoms with E-state index in [1.165, 1.54) is 25.8 Å². The fourth-order valence-electron chi connectivity index (χ4n) is 6.59. The SMILES string of the molecule is CC(C)C1=C(C(C)C)[C@]2(CCN(C(C)C)[C@H]3C[C@H]32)[C@@H]2C[C@H]12. The second-order valence-corrected chi connectivity index (χ2v) is 9.16. The molecule has 0 aromatic heterocycles. The summed E-state index contributed by atoms with van der Waals surface area (Å²) in [5.41, 5.74) is 4.47. The van der Waals surface area contributed by atoms with Gasteiger partial charge in [-0.2, -0.15) is 0 Å². The molecule has 0 radical (unpaired) electrons. The highest BCUT2D eigenvalue weighted by atomic mass is 15.2. The minimum absolute atomic E-state index is 0.633. The lowest BCUT2D eigenvalue weighted by Gasteiger charge is -2.45. The van der Waals surface area contributed by atoms with Crippen molar-refractivity contribution in [2.24, 2.45) is 35.0 Å². The maximum absolute atomic E-state index is 2.80. The van der Waals surface area contributed by atoms with Gasteiger partial charge in [-0.3, -0.25) is 4.90 Å². The normalized spacial score (nSPS) is 45.0. The fraction of sp³-hybridized carbons (Fsp3) is 0.900. The van der Waals surface area contributed by atoms with Crippen molar-refractivity contribution < 1.29 is 0 Å². The Labute approximate surface area is 131 Å². The summed E-state index contributed by atoms with van der Waals surface area (Å²) in [6.45, 7) is 16.0. The van der Waals surface area contributed by atoms with Crippen LogP contribution in [0.1, 0.15) is 60.8 Å². The van der Waals surface area contributed by atoms with Crippen LogP contribution in [0.5, 0.6) is 0 Å². The summed E-state index contributed by atoms with van der Waals surface area (Å²) in [5, 5.41) is 0. The van der Waals surface area contributed by atoms with Gasteiger partial charge in [0.15, 0.2) is 0 Å². The molecule has 21 heavy (non-hydrogen) atoms. The lowest BCUT2D eigenvalue weighted by atomic mass is 9.65. The minimum atomic E-state index is 0.633. The van der Waals surface area contributed by atoms with E-state index in [2.05, 4.69) is 46.4 Å². The largest absolute Gasteiger partial charge is 0.298 e. The maximum atomic E-state index is 2.80. The molecule has 1 aliphatic heterocycles. The Morgan fingerprint density at radius 3 is 2.24 bits per heavy atom. The van der Waals surface area contributed by atoms with Crippen molar-refractivity contribution in [3.63, 3.8) is 0 Å². The predicted octanol–water partition coefficient (Wildman–Crippen LogP) is 4.73. The minimum Gasteiger partial charge on any atom is -0.298 e. The van der Waals surface area contributed by atoms with Gasteiger partial charge in [0.2, 0.25) is 0 Å². The van der Waals surface area contributed by atoms with E-state index < -0.39 is 0 Å². The van der Waals surface area contributed by atoms with E-state index in [1.807, 2.05) is 11.1 Å². The van der Waals surface area contributed by atoms with Gasteiger partial charge in [0, 0.05) is 17.5 Å². The van der Waals surface area contributed by atoms with Crippen molar-refractivity contribution in [1.29, 1.82) is 0 Å². The lowest BCUT2D eigenvalue weighted by molar-refractivity contribution is 0.0798. The van der Waals surface area contributed by atoms with Crippen molar-refractivity contribution in [2.75, 3.05) is 6.54 Å². The summed E-state index contributed by atoms with van der Waals surface area (Å²) in [4.78, 5) is 2.80. The molecule has 4 aliphatic rings. The van der Waals surface area contributed by atoms with E-state index in [0.717, 1.165) is 41.7 Å². The highest BCUT2D eigenvalue weighted by Gasteiger charge is 2.71. The molecule has 0 aromatic carbocycles. The summed E-state index contributed by atoms with van der Waals surface area (Å²) in [7, 11) is 0.